The molecule has 0 aliphatic carbocycles. The lowest BCUT2D eigenvalue weighted by molar-refractivity contribution is -0.120. The van der Waals surface area contributed by atoms with Gasteiger partial charge < -0.3 is 24.7 Å². The zero-order valence-corrected chi connectivity index (χ0v) is 16.7. The Hall–Kier alpha value is -1.57. The van der Waals surface area contributed by atoms with Gasteiger partial charge in [0.25, 0.3) is 5.91 Å². The fourth-order valence-electron chi connectivity index (χ4n) is 3.27. The molecule has 2 heterocycles. The Bertz CT molecular complexity index is 591. The molecule has 0 aromatic carbocycles. The van der Waals surface area contributed by atoms with Gasteiger partial charge in [-0.05, 0) is 24.0 Å². The Balaban J connectivity index is 0.00000338. The second kappa shape index (κ2) is 10.5. The van der Waals surface area contributed by atoms with Crippen LogP contribution in [0.3, 0.4) is 0 Å². The number of halogens is 1. The molecule has 148 valence electrons. The van der Waals surface area contributed by atoms with Crippen LogP contribution in [-0.2, 0) is 16.1 Å². The van der Waals surface area contributed by atoms with Crippen LogP contribution in [0.5, 0.6) is 0 Å². The van der Waals surface area contributed by atoms with Crippen molar-refractivity contribution in [3.8, 4) is 0 Å². The molecule has 2 N–H and O–H groups in total. The van der Waals surface area contributed by atoms with Crippen molar-refractivity contribution >= 4 is 24.2 Å². The fourth-order valence-corrected chi connectivity index (χ4v) is 3.27. The summed E-state index contributed by atoms with van der Waals surface area (Å²) in [6.07, 6.45) is 0.473. The number of nitrogens with zero attached hydrogens (tertiary/aromatic N) is 1. The van der Waals surface area contributed by atoms with Crippen molar-refractivity contribution in [2.75, 3.05) is 33.8 Å². The van der Waals surface area contributed by atoms with E-state index in [1.54, 1.807) is 26.3 Å². The van der Waals surface area contributed by atoms with E-state index in [1.807, 2.05) is 0 Å². The predicted molar refractivity (Wildman–Crippen MR) is 101 cm³/mol. The second-order valence-corrected chi connectivity index (χ2v) is 6.87. The molecule has 0 saturated carbocycles. The zero-order valence-electron chi connectivity index (χ0n) is 15.9. The average molecular weight is 388 g/mol. The summed E-state index contributed by atoms with van der Waals surface area (Å²) >= 11 is 0. The third-order valence-corrected chi connectivity index (χ3v) is 4.72. The van der Waals surface area contributed by atoms with E-state index >= 15 is 0 Å². The summed E-state index contributed by atoms with van der Waals surface area (Å²) < 4.78 is 10.5. The van der Waals surface area contributed by atoms with Gasteiger partial charge in [-0.2, -0.15) is 0 Å². The van der Waals surface area contributed by atoms with E-state index in [9.17, 15) is 9.59 Å². The molecule has 0 unspecified atom stereocenters. The second-order valence-electron chi connectivity index (χ2n) is 6.87. The first-order chi connectivity index (χ1) is 11.9. The first-order valence-electron chi connectivity index (χ1n) is 8.76. The van der Waals surface area contributed by atoms with Crippen LogP contribution in [0, 0.1) is 11.8 Å². The monoisotopic (exact) mass is 387 g/mol. The molecule has 0 radical (unpaired) electrons. The van der Waals surface area contributed by atoms with Crippen molar-refractivity contribution in [3.63, 3.8) is 0 Å². The van der Waals surface area contributed by atoms with Crippen molar-refractivity contribution in [2.24, 2.45) is 11.8 Å². The lowest BCUT2D eigenvalue weighted by Gasteiger charge is -2.22. The Morgan fingerprint density at radius 2 is 2.08 bits per heavy atom. The van der Waals surface area contributed by atoms with Crippen LogP contribution in [0.1, 0.15) is 36.6 Å². The van der Waals surface area contributed by atoms with Crippen molar-refractivity contribution in [2.45, 2.75) is 32.9 Å². The molecule has 1 fully saturated rings. The average Bonchev–Trinajstić information content (AvgIpc) is 3.20. The number of ether oxygens (including phenoxy) is 1. The van der Waals surface area contributed by atoms with Crippen LogP contribution >= 0.6 is 12.4 Å². The SMILES string of the molecule is CNC(=O)CCN1C[C@H](NC(=O)c2ccc(COC)o2)[C@@H](C(C)C)C1.Cl. The topological polar surface area (TPSA) is 83.8 Å². The lowest BCUT2D eigenvalue weighted by atomic mass is 9.91. The van der Waals surface area contributed by atoms with Gasteiger partial charge in [-0.15, -0.1) is 12.4 Å². The smallest absolute Gasteiger partial charge is 0.287 e. The summed E-state index contributed by atoms with van der Waals surface area (Å²) in [5, 5.41) is 5.74. The van der Waals surface area contributed by atoms with Crippen molar-refractivity contribution < 1.29 is 18.7 Å². The Labute approximate surface area is 161 Å². The number of rotatable bonds is 8. The van der Waals surface area contributed by atoms with E-state index in [-0.39, 0.29) is 30.3 Å². The number of carbonyl (C=O) groups excluding carboxylic acids is 2. The Morgan fingerprint density at radius 3 is 2.69 bits per heavy atom. The molecule has 26 heavy (non-hydrogen) atoms. The first-order valence-corrected chi connectivity index (χ1v) is 8.76. The van der Waals surface area contributed by atoms with Crippen LogP contribution < -0.4 is 10.6 Å². The summed E-state index contributed by atoms with van der Waals surface area (Å²) in [5.74, 6) is 1.56. The normalized spacial score (nSPS) is 20.0. The van der Waals surface area contributed by atoms with E-state index in [2.05, 4.69) is 29.4 Å². The highest BCUT2D eigenvalue weighted by Gasteiger charge is 2.36. The molecule has 1 aliphatic heterocycles. The van der Waals surface area contributed by atoms with Crippen LogP contribution in [0.15, 0.2) is 16.5 Å². The third-order valence-electron chi connectivity index (χ3n) is 4.72. The van der Waals surface area contributed by atoms with Gasteiger partial charge in [0.05, 0.1) is 0 Å². The summed E-state index contributed by atoms with van der Waals surface area (Å²) in [5.41, 5.74) is 0. The van der Waals surface area contributed by atoms with E-state index in [4.69, 9.17) is 9.15 Å². The van der Waals surface area contributed by atoms with Gasteiger partial charge in [0.1, 0.15) is 12.4 Å². The molecule has 2 rings (SSSR count). The van der Waals surface area contributed by atoms with E-state index < -0.39 is 0 Å². The maximum atomic E-state index is 12.5. The maximum Gasteiger partial charge on any atom is 0.287 e. The number of likely N-dealkylation sites (tertiary alicyclic amines) is 1. The quantitative estimate of drug-likeness (QED) is 0.708. The van der Waals surface area contributed by atoms with Crippen molar-refractivity contribution in [3.05, 3.63) is 23.7 Å². The molecular weight excluding hydrogens is 358 g/mol. The van der Waals surface area contributed by atoms with Crippen LogP contribution in [0.4, 0.5) is 0 Å². The molecule has 1 aliphatic rings. The number of amides is 2. The number of carbonyl (C=O) groups is 2. The fraction of sp³-hybridized carbons (Fsp3) is 0.667. The van der Waals surface area contributed by atoms with Crippen LogP contribution in [0.2, 0.25) is 0 Å². The largest absolute Gasteiger partial charge is 0.453 e. The first kappa shape index (κ1) is 22.5. The van der Waals surface area contributed by atoms with Gasteiger partial charge in [-0.25, -0.2) is 0 Å². The minimum atomic E-state index is -0.203. The van der Waals surface area contributed by atoms with Gasteiger partial charge >= 0.3 is 0 Å². The zero-order chi connectivity index (χ0) is 18.4. The highest BCUT2D eigenvalue weighted by atomic mass is 35.5. The number of methoxy groups -OCH3 is 1. The van der Waals surface area contributed by atoms with E-state index in [0.29, 0.717) is 42.9 Å². The minimum absolute atomic E-state index is 0. The van der Waals surface area contributed by atoms with Gasteiger partial charge in [-0.3, -0.25) is 9.59 Å². The molecule has 1 saturated heterocycles. The standard InChI is InChI=1S/C18H29N3O4.ClH/c1-12(2)14-9-21(8-7-17(22)19-3)10-15(14)20-18(23)16-6-5-13(25-16)11-24-4;/h5-6,12,14-15H,7-11H2,1-4H3,(H,19,22)(H,20,23);1H/t14-,15+;/m1./s1. The number of nitrogens with one attached hydrogen (secondary N) is 2. The molecule has 1 aromatic heterocycles. The molecule has 8 heteroatoms. The number of furan rings is 1. The van der Waals surface area contributed by atoms with Gasteiger partial charge in [0.15, 0.2) is 5.76 Å². The van der Waals surface area contributed by atoms with Crippen molar-refractivity contribution in [1.29, 1.82) is 0 Å². The van der Waals surface area contributed by atoms with Gasteiger partial charge in [-0.1, -0.05) is 13.8 Å². The summed E-state index contributed by atoms with van der Waals surface area (Å²) in [6.45, 7) is 7.00. The maximum absolute atomic E-state index is 12.5. The lowest BCUT2D eigenvalue weighted by Crippen LogP contribution is -2.42. The minimum Gasteiger partial charge on any atom is -0.453 e. The van der Waals surface area contributed by atoms with E-state index in [1.165, 1.54) is 0 Å². The van der Waals surface area contributed by atoms with Crippen molar-refractivity contribution in [1.82, 2.24) is 15.5 Å². The summed E-state index contributed by atoms with van der Waals surface area (Å²) in [7, 11) is 3.23. The Morgan fingerprint density at radius 1 is 1.35 bits per heavy atom. The Kier molecular flexibility index (Phi) is 9.12. The molecule has 0 bridgehead atoms. The summed E-state index contributed by atoms with van der Waals surface area (Å²) in [6, 6.07) is 3.47. The van der Waals surface area contributed by atoms with E-state index in [0.717, 1.165) is 13.1 Å². The molecule has 0 spiro atoms. The highest BCUT2D eigenvalue weighted by Crippen LogP contribution is 2.25. The molecule has 2 amide bonds. The van der Waals surface area contributed by atoms with Crippen LogP contribution in [0.25, 0.3) is 0 Å². The number of hydrogen-bond acceptors (Lipinski definition) is 5. The molecular formula is C18H30ClN3O4. The third kappa shape index (κ3) is 6.00. The summed E-state index contributed by atoms with van der Waals surface area (Å²) in [4.78, 5) is 26.2. The molecule has 7 nitrogen and oxygen atoms in total. The van der Waals surface area contributed by atoms with Crippen LogP contribution in [-0.4, -0.2) is 56.5 Å². The molecule has 1 aromatic rings. The highest BCUT2D eigenvalue weighted by molar-refractivity contribution is 5.91. The number of hydrogen-bond donors (Lipinski definition) is 2. The predicted octanol–water partition coefficient (Wildman–Crippen LogP) is 1.67. The van der Waals surface area contributed by atoms with Gasteiger partial charge in [0, 0.05) is 46.3 Å². The van der Waals surface area contributed by atoms with Gasteiger partial charge in [0.2, 0.25) is 5.91 Å². The molecule has 2 atom stereocenters.